The minimum Gasteiger partial charge on any atom is -0.375 e. The first-order valence-electron chi connectivity index (χ1n) is 9.73. The number of benzene rings is 3. The van der Waals surface area contributed by atoms with E-state index in [0.29, 0.717) is 38.4 Å². The van der Waals surface area contributed by atoms with E-state index in [1.807, 2.05) is 0 Å². The molecule has 1 aliphatic heterocycles. The lowest BCUT2D eigenvalue weighted by molar-refractivity contribution is 0.0704. The summed E-state index contributed by atoms with van der Waals surface area (Å²) >= 11 is 6.03. The van der Waals surface area contributed by atoms with Crippen LogP contribution in [-0.2, 0) is 5.72 Å². The van der Waals surface area contributed by atoms with E-state index in [-0.39, 0.29) is 11.9 Å². The molecule has 0 fully saturated rings. The van der Waals surface area contributed by atoms with Crippen LogP contribution in [0.1, 0.15) is 21.5 Å². The van der Waals surface area contributed by atoms with E-state index in [2.05, 4.69) is 15.3 Å². The number of anilines is 1. The first kappa shape index (κ1) is 20.0. The van der Waals surface area contributed by atoms with Crippen LogP contribution in [0.25, 0.3) is 11.0 Å². The van der Waals surface area contributed by atoms with Crippen molar-refractivity contribution in [2.24, 2.45) is 0 Å². The largest absolute Gasteiger partial charge is 0.414 e. The van der Waals surface area contributed by atoms with E-state index in [4.69, 9.17) is 16.3 Å². The molecular weight excluding hydrogens is 432 g/mol. The molecular formula is C23H17ClN4O4. The first-order chi connectivity index (χ1) is 15.4. The maximum absolute atomic E-state index is 13.3. The molecule has 0 bridgehead atoms. The normalized spacial score (nSPS) is 17.5. The number of aliphatic hydroxyl groups is 1. The van der Waals surface area contributed by atoms with Crippen molar-refractivity contribution < 1.29 is 19.4 Å². The number of imidazole rings is 1. The van der Waals surface area contributed by atoms with Crippen LogP contribution in [0.5, 0.6) is 6.01 Å². The molecule has 0 radical (unpaired) electrons. The zero-order valence-electron chi connectivity index (χ0n) is 16.8. The van der Waals surface area contributed by atoms with Gasteiger partial charge < -0.3 is 20.1 Å². The van der Waals surface area contributed by atoms with Crippen LogP contribution in [-0.4, -0.2) is 34.1 Å². The van der Waals surface area contributed by atoms with E-state index in [1.165, 1.54) is 11.9 Å². The van der Waals surface area contributed by atoms with Gasteiger partial charge in [-0.1, -0.05) is 35.9 Å². The van der Waals surface area contributed by atoms with Gasteiger partial charge in [0, 0.05) is 34.4 Å². The molecule has 1 unspecified atom stereocenters. The molecule has 32 heavy (non-hydrogen) atoms. The van der Waals surface area contributed by atoms with Gasteiger partial charge in [0.25, 0.3) is 5.91 Å². The lowest BCUT2D eigenvalue weighted by atomic mass is 9.93. The molecule has 1 aliphatic rings. The zero-order valence-corrected chi connectivity index (χ0v) is 17.6. The number of ether oxygens (including phenoxy) is 1. The van der Waals surface area contributed by atoms with Crippen LogP contribution in [0.2, 0.25) is 5.02 Å². The Hall–Kier alpha value is -3.88. The number of amides is 2. The number of rotatable bonds is 3. The van der Waals surface area contributed by atoms with Crippen LogP contribution in [0.15, 0.2) is 66.7 Å². The number of hydrogen-bond acceptors (Lipinski definition) is 5. The van der Waals surface area contributed by atoms with Gasteiger partial charge >= 0.3 is 12.1 Å². The third-order valence-corrected chi connectivity index (χ3v) is 5.65. The Bertz CT molecular complexity index is 1370. The molecule has 3 aromatic carbocycles. The van der Waals surface area contributed by atoms with Gasteiger partial charge in [0.1, 0.15) is 0 Å². The molecule has 0 spiro atoms. The van der Waals surface area contributed by atoms with E-state index < -0.39 is 11.8 Å². The summed E-state index contributed by atoms with van der Waals surface area (Å²) < 4.78 is 5.06. The topological polar surface area (TPSA) is 108 Å². The van der Waals surface area contributed by atoms with Crippen LogP contribution in [0, 0.1) is 0 Å². The van der Waals surface area contributed by atoms with E-state index in [1.54, 1.807) is 66.7 Å². The Labute approximate surface area is 187 Å². The van der Waals surface area contributed by atoms with Gasteiger partial charge in [0.05, 0.1) is 11.0 Å². The Morgan fingerprint density at radius 2 is 1.91 bits per heavy atom. The highest BCUT2D eigenvalue weighted by Crippen LogP contribution is 2.45. The summed E-state index contributed by atoms with van der Waals surface area (Å²) in [6.07, 6.45) is -0.660. The number of carbonyl (C=O) groups is 2. The summed E-state index contributed by atoms with van der Waals surface area (Å²) in [4.78, 5) is 33.3. The minimum atomic E-state index is -1.78. The minimum absolute atomic E-state index is 0.0148. The van der Waals surface area contributed by atoms with Gasteiger partial charge in [-0.3, -0.25) is 9.69 Å². The second-order valence-electron chi connectivity index (χ2n) is 7.25. The molecule has 160 valence electrons. The number of carbonyl (C=O) groups excluding carboxylic acids is 2. The summed E-state index contributed by atoms with van der Waals surface area (Å²) in [7, 11) is 1.44. The molecule has 3 N–H and O–H groups in total. The molecule has 2 heterocycles. The molecule has 0 aliphatic carbocycles. The van der Waals surface area contributed by atoms with Crippen molar-refractivity contribution in [2.75, 3.05) is 11.9 Å². The molecule has 5 rings (SSSR count). The molecule has 0 saturated carbocycles. The summed E-state index contributed by atoms with van der Waals surface area (Å²) in [6, 6.07) is 18.7. The average molecular weight is 449 g/mol. The average Bonchev–Trinajstić information content (AvgIpc) is 3.30. The monoisotopic (exact) mass is 448 g/mol. The summed E-state index contributed by atoms with van der Waals surface area (Å²) in [6.45, 7) is 0. The maximum Gasteiger partial charge on any atom is 0.414 e. The quantitative estimate of drug-likeness (QED) is 0.442. The van der Waals surface area contributed by atoms with Crippen LogP contribution in [0.4, 0.5) is 10.5 Å². The predicted molar refractivity (Wildman–Crippen MR) is 119 cm³/mol. The number of nitrogens with zero attached hydrogens (tertiary/aromatic N) is 2. The van der Waals surface area contributed by atoms with E-state index >= 15 is 0 Å². The standard InChI is InChI=1S/C23H17ClN4O4/c1-25-22(30)32-21-26-18-11-6-13(12-19(18)27-21)23(31)17-5-3-2-4-16(17)20(29)28(23)15-9-7-14(24)8-10-15/h2-12,31H,1H3,(H,25,30)(H,26,27). The number of hydrogen-bond donors (Lipinski definition) is 3. The highest BCUT2D eigenvalue weighted by molar-refractivity contribution is 6.30. The summed E-state index contributed by atoms with van der Waals surface area (Å²) in [5.74, 6) is -0.334. The molecule has 9 heteroatoms. The molecule has 1 aromatic heterocycles. The van der Waals surface area contributed by atoms with Crippen LogP contribution < -0.4 is 15.0 Å². The van der Waals surface area contributed by atoms with Gasteiger partial charge in [0.15, 0.2) is 5.72 Å². The van der Waals surface area contributed by atoms with Gasteiger partial charge in [0.2, 0.25) is 0 Å². The number of nitrogens with one attached hydrogen (secondary N) is 2. The van der Waals surface area contributed by atoms with E-state index in [9.17, 15) is 14.7 Å². The Morgan fingerprint density at radius 3 is 2.66 bits per heavy atom. The Morgan fingerprint density at radius 1 is 1.16 bits per heavy atom. The fourth-order valence-electron chi connectivity index (χ4n) is 3.93. The van der Waals surface area contributed by atoms with Crippen molar-refractivity contribution in [3.05, 3.63) is 88.4 Å². The summed E-state index contributed by atoms with van der Waals surface area (Å²) in [5.41, 5.74) is 1.08. The van der Waals surface area contributed by atoms with Gasteiger partial charge in [-0.25, -0.2) is 4.79 Å². The number of H-pyrrole nitrogens is 1. The molecule has 0 saturated heterocycles. The third kappa shape index (κ3) is 3.00. The van der Waals surface area contributed by atoms with E-state index in [0.717, 1.165) is 0 Å². The number of fused-ring (bicyclic) bond motifs is 2. The summed E-state index contributed by atoms with van der Waals surface area (Å²) in [5, 5.41) is 14.9. The second kappa shape index (κ2) is 7.37. The predicted octanol–water partition coefficient (Wildman–Crippen LogP) is 3.79. The van der Waals surface area contributed by atoms with Gasteiger partial charge in [-0.15, -0.1) is 0 Å². The van der Waals surface area contributed by atoms with Gasteiger partial charge in [-0.2, -0.15) is 4.98 Å². The van der Waals surface area contributed by atoms with Crippen molar-refractivity contribution in [2.45, 2.75) is 5.72 Å². The fourth-order valence-corrected chi connectivity index (χ4v) is 4.06. The maximum atomic E-state index is 13.3. The van der Waals surface area contributed by atoms with Crippen molar-refractivity contribution in [3.63, 3.8) is 0 Å². The van der Waals surface area contributed by atoms with Crippen molar-refractivity contribution >= 4 is 40.3 Å². The zero-order chi connectivity index (χ0) is 22.5. The van der Waals surface area contributed by atoms with Gasteiger partial charge in [-0.05, 0) is 42.5 Å². The SMILES string of the molecule is CNC(=O)Oc1nc2ccc(C3(O)c4ccccc4C(=O)N3c3ccc(Cl)cc3)cc2[nH]1. The molecule has 2 amide bonds. The van der Waals surface area contributed by atoms with Crippen molar-refractivity contribution in [3.8, 4) is 6.01 Å². The molecule has 4 aromatic rings. The van der Waals surface area contributed by atoms with Crippen LogP contribution in [0.3, 0.4) is 0 Å². The Balaban J connectivity index is 1.67. The number of aromatic nitrogens is 2. The number of aromatic amines is 1. The second-order valence-corrected chi connectivity index (χ2v) is 7.68. The lowest BCUT2D eigenvalue weighted by Gasteiger charge is -2.35. The lowest BCUT2D eigenvalue weighted by Crippen LogP contribution is -2.45. The highest BCUT2D eigenvalue weighted by Gasteiger charge is 2.50. The first-order valence-corrected chi connectivity index (χ1v) is 10.1. The van der Waals surface area contributed by atoms with Crippen molar-refractivity contribution in [1.82, 2.24) is 15.3 Å². The fraction of sp³-hybridized carbons (Fsp3) is 0.0870. The molecule has 8 nitrogen and oxygen atoms in total. The molecule has 1 atom stereocenters. The number of halogens is 1. The van der Waals surface area contributed by atoms with Crippen molar-refractivity contribution in [1.29, 1.82) is 0 Å². The van der Waals surface area contributed by atoms with Crippen LogP contribution >= 0.6 is 11.6 Å². The smallest absolute Gasteiger partial charge is 0.375 e. The Kier molecular flexibility index (Phi) is 4.61. The third-order valence-electron chi connectivity index (χ3n) is 5.40. The highest BCUT2D eigenvalue weighted by atomic mass is 35.5.